The number of piperazine rings is 1. The number of rotatable bonds is 2. The van der Waals surface area contributed by atoms with Gasteiger partial charge in [-0.2, -0.15) is 0 Å². The third kappa shape index (κ3) is 2.19. The number of methoxy groups -OCH3 is 1. The minimum atomic E-state index is -0.426. The van der Waals surface area contributed by atoms with Gasteiger partial charge in [-0.25, -0.2) is 4.79 Å². The van der Waals surface area contributed by atoms with Gasteiger partial charge in [0.1, 0.15) is 5.54 Å². The fraction of sp³-hybridized carbons (Fsp3) is 0.917. The van der Waals surface area contributed by atoms with Gasteiger partial charge in [0, 0.05) is 38.8 Å². The molecule has 2 atom stereocenters. The Kier molecular flexibility index (Phi) is 3.70. The predicted molar refractivity (Wildman–Crippen MR) is 65.9 cm³/mol. The predicted octanol–water partition coefficient (Wildman–Crippen LogP) is -0.473. The lowest BCUT2D eigenvalue weighted by molar-refractivity contribution is -0.155. The van der Waals surface area contributed by atoms with Crippen LogP contribution in [-0.2, 0) is 9.53 Å². The summed E-state index contributed by atoms with van der Waals surface area (Å²) in [5, 5.41) is 3.33. The molecule has 0 bridgehead atoms. The smallest absolute Gasteiger partial charge is 0.327 e. The summed E-state index contributed by atoms with van der Waals surface area (Å²) in [6, 6.07) is 0.434. The van der Waals surface area contributed by atoms with E-state index in [-0.39, 0.29) is 5.97 Å². The van der Waals surface area contributed by atoms with E-state index in [1.807, 2.05) is 0 Å². The lowest BCUT2D eigenvalue weighted by atomic mass is 9.93. The topological polar surface area (TPSA) is 44.8 Å². The molecule has 2 aliphatic heterocycles. The molecule has 2 fully saturated rings. The van der Waals surface area contributed by atoms with Crippen LogP contribution in [0.1, 0.15) is 13.3 Å². The number of likely N-dealkylation sites (tertiary alicyclic amines) is 1. The zero-order valence-electron chi connectivity index (χ0n) is 11.0. The van der Waals surface area contributed by atoms with Crippen LogP contribution < -0.4 is 5.32 Å². The van der Waals surface area contributed by atoms with Gasteiger partial charge in [0.25, 0.3) is 0 Å². The highest BCUT2D eigenvalue weighted by atomic mass is 16.5. The Morgan fingerprint density at radius 2 is 2.06 bits per heavy atom. The Bertz CT molecular complexity index is 279. The first kappa shape index (κ1) is 12.8. The molecular formula is C12H23N3O2. The lowest BCUT2D eigenvalue weighted by Gasteiger charge is -2.41. The molecule has 0 aromatic heterocycles. The fourth-order valence-electron chi connectivity index (χ4n) is 3.07. The number of carbonyl (C=O) groups excluding carboxylic acids is 1. The fourth-order valence-corrected chi connectivity index (χ4v) is 3.07. The lowest BCUT2D eigenvalue weighted by Crippen LogP contribution is -2.61. The van der Waals surface area contributed by atoms with Gasteiger partial charge in [-0.3, -0.25) is 4.90 Å². The third-order valence-electron chi connectivity index (χ3n) is 4.18. The van der Waals surface area contributed by atoms with Crippen LogP contribution in [0.2, 0.25) is 0 Å². The maximum atomic E-state index is 12.2. The Hall–Kier alpha value is -0.650. The summed E-state index contributed by atoms with van der Waals surface area (Å²) in [5.74, 6) is -0.0735. The molecule has 2 rings (SSSR count). The van der Waals surface area contributed by atoms with Crippen molar-refractivity contribution in [2.45, 2.75) is 24.9 Å². The van der Waals surface area contributed by atoms with Crippen molar-refractivity contribution in [2.24, 2.45) is 0 Å². The first-order chi connectivity index (χ1) is 8.10. The van der Waals surface area contributed by atoms with E-state index < -0.39 is 5.54 Å². The van der Waals surface area contributed by atoms with Crippen LogP contribution in [0.3, 0.4) is 0 Å². The van der Waals surface area contributed by atoms with E-state index in [2.05, 4.69) is 29.1 Å². The van der Waals surface area contributed by atoms with Crippen molar-refractivity contribution >= 4 is 5.97 Å². The quantitative estimate of drug-likeness (QED) is 0.662. The summed E-state index contributed by atoms with van der Waals surface area (Å²) < 4.78 is 5.06. The van der Waals surface area contributed by atoms with E-state index in [1.54, 1.807) is 0 Å². The monoisotopic (exact) mass is 241 g/mol. The maximum Gasteiger partial charge on any atom is 0.327 e. The van der Waals surface area contributed by atoms with Crippen LogP contribution in [-0.4, -0.2) is 74.2 Å². The second-order valence-electron chi connectivity index (χ2n) is 5.23. The molecule has 1 N–H and O–H groups in total. The number of ether oxygens (including phenoxy) is 1. The van der Waals surface area contributed by atoms with Crippen LogP contribution in [0.4, 0.5) is 0 Å². The van der Waals surface area contributed by atoms with E-state index in [0.717, 1.165) is 39.1 Å². The molecule has 2 saturated heterocycles. The number of esters is 1. The summed E-state index contributed by atoms with van der Waals surface area (Å²) in [6.07, 6.45) is 0.871. The number of hydrogen-bond acceptors (Lipinski definition) is 5. The summed E-state index contributed by atoms with van der Waals surface area (Å²) >= 11 is 0. The van der Waals surface area contributed by atoms with E-state index in [4.69, 9.17) is 4.74 Å². The summed E-state index contributed by atoms with van der Waals surface area (Å²) in [6.45, 7) is 6.72. The normalized spacial score (nSPS) is 36.1. The summed E-state index contributed by atoms with van der Waals surface area (Å²) in [5.41, 5.74) is -0.426. The molecule has 0 saturated carbocycles. The zero-order valence-corrected chi connectivity index (χ0v) is 11.0. The second kappa shape index (κ2) is 4.92. The largest absolute Gasteiger partial charge is 0.468 e. The number of nitrogens with zero attached hydrogens (tertiary/aromatic N) is 2. The van der Waals surface area contributed by atoms with Crippen molar-refractivity contribution in [3.05, 3.63) is 0 Å². The van der Waals surface area contributed by atoms with Gasteiger partial charge in [-0.15, -0.1) is 0 Å². The average molecular weight is 241 g/mol. The molecule has 98 valence electrons. The highest BCUT2D eigenvalue weighted by Gasteiger charge is 2.51. The first-order valence-corrected chi connectivity index (χ1v) is 6.34. The van der Waals surface area contributed by atoms with Gasteiger partial charge < -0.3 is 15.0 Å². The van der Waals surface area contributed by atoms with Gasteiger partial charge in [0.2, 0.25) is 0 Å². The molecule has 0 amide bonds. The molecule has 0 radical (unpaired) electrons. The molecule has 2 heterocycles. The Labute approximate surface area is 103 Å². The van der Waals surface area contributed by atoms with Gasteiger partial charge in [-0.1, -0.05) is 0 Å². The molecule has 2 unspecified atom stereocenters. The van der Waals surface area contributed by atoms with E-state index in [0.29, 0.717) is 6.04 Å². The number of hydrogen-bond donors (Lipinski definition) is 1. The van der Waals surface area contributed by atoms with Crippen molar-refractivity contribution in [3.8, 4) is 0 Å². The molecule has 0 aliphatic carbocycles. The van der Waals surface area contributed by atoms with Crippen molar-refractivity contribution in [1.82, 2.24) is 15.1 Å². The van der Waals surface area contributed by atoms with Crippen molar-refractivity contribution < 1.29 is 9.53 Å². The molecule has 5 nitrogen and oxygen atoms in total. The Balaban J connectivity index is 2.21. The van der Waals surface area contributed by atoms with E-state index in [9.17, 15) is 4.79 Å². The van der Waals surface area contributed by atoms with E-state index >= 15 is 0 Å². The number of nitrogens with one attached hydrogen (secondary N) is 1. The van der Waals surface area contributed by atoms with Crippen molar-refractivity contribution in [2.75, 3.05) is 46.9 Å². The Morgan fingerprint density at radius 3 is 2.53 bits per heavy atom. The Morgan fingerprint density at radius 1 is 1.41 bits per heavy atom. The standard InChI is InChI=1S/C12H23N3O2/c1-10-8-12(9-14(10)2,11(16)17-3)15-6-4-13-5-7-15/h10,13H,4-9H2,1-3H3. The van der Waals surface area contributed by atoms with Gasteiger partial charge in [0.05, 0.1) is 7.11 Å². The third-order valence-corrected chi connectivity index (χ3v) is 4.18. The first-order valence-electron chi connectivity index (χ1n) is 6.34. The average Bonchev–Trinajstić information content (AvgIpc) is 2.67. The molecule has 5 heteroatoms. The SMILES string of the molecule is COC(=O)C1(N2CCNCC2)CC(C)N(C)C1. The highest BCUT2D eigenvalue weighted by molar-refractivity contribution is 5.81. The van der Waals surface area contributed by atoms with Crippen LogP contribution in [0, 0.1) is 0 Å². The van der Waals surface area contributed by atoms with E-state index in [1.165, 1.54) is 7.11 Å². The van der Waals surface area contributed by atoms with Crippen LogP contribution in [0.5, 0.6) is 0 Å². The number of likely N-dealkylation sites (N-methyl/N-ethyl adjacent to an activating group) is 1. The van der Waals surface area contributed by atoms with Crippen LogP contribution in [0.15, 0.2) is 0 Å². The number of carbonyl (C=O) groups is 1. The van der Waals surface area contributed by atoms with Gasteiger partial charge in [-0.05, 0) is 20.4 Å². The van der Waals surface area contributed by atoms with Crippen LogP contribution in [0.25, 0.3) is 0 Å². The molecule has 0 aromatic carbocycles. The summed E-state index contributed by atoms with van der Waals surface area (Å²) in [4.78, 5) is 16.8. The molecular weight excluding hydrogens is 218 g/mol. The van der Waals surface area contributed by atoms with Crippen molar-refractivity contribution in [1.29, 1.82) is 0 Å². The molecule has 0 spiro atoms. The molecule has 0 aromatic rings. The minimum Gasteiger partial charge on any atom is -0.468 e. The maximum absolute atomic E-state index is 12.2. The minimum absolute atomic E-state index is 0.0735. The molecule has 17 heavy (non-hydrogen) atoms. The second-order valence-corrected chi connectivity index (χ2v) is 5.23. The molecule has 2 aliphatic rings. The zero-order chi connectivity index (χ0) is 12.5. The highest BCUT2D eigenvalue weighted by Crippen LogP contribution is 2.32. The van der Waals surface area contributed by atoms with Crippen molar-refractivity contribution in [3.63, 3.8) is 0 Å². The van der Waals surface area contributed by atoms with Gasteiger partial charge >= 0.3 is 5.97 Å². The van der Waals surface area contributed by atoms with Crippen LogP contribution >= 0.6 is 0 Å². The summed E-state index contributed by atoms with van der Waals surface area (Å²) in [7, 11) is 3.58. The van der Waals surface area contributed by atoms with Gasteiger partial charge in [0.15, 0.2) is 0 Å².